The molecule has 0 aromatic carbocycles. The number of hydrogen-bond donors (Lipinski definition) is 1. The minimum absolute atomic E-state index is 0.240. The predicted octanol–water partition coefficient (Wildman–Crippen LogP) is 0.413. The zero-order valence-corrected chi connectivity index (χ0v) is 4.68. The van der Waals surface area contributed by atoms with Gasteiger partial charge in [0, 0.05) is 0 Å². The van der Waals surface area contributed by atoms with Crippen LogP contribution in [0.5, 0.6) is 0 Å². The molecule has 4 heteroatoms. The third-order valence-corrected chi connectivity index (χ3v) is 0.690. The van der Waals surface area contributed by atoms with E-state index < -0.39 is 0 Å². The Bertz CT molecular complexity index is 30.8. The fourth-order valence-electron chi connectivity index (χ4n) is 0.0282. The number of rotatable bonds is 2. The molecule has 1 N–H and O–H groups in total. The molecular formula is CH3BIO2. The molecule has 0 heterocycles. The van der Waals surface area contributed by atoms with Crippen molar-refractivity contribution in [3.63, 3.8) is 0 Å². The summed E-state index contributed by atoms with van der Waals surface area (Å²) in [7, 11) is 0. The molecule has 0 aliphatic carbocycles. The Morgan fingerprint density at radius 1 is 2.00 bits per heavy atom. The quantitative estimate of drug-likeness (QED) is 0.292. The van der Waals surface area contributed by atoms with Crippen molar-refractivity contribution in [1.29, 1.82) is 0 Å². The Balaban J connectivity index is 2.40. The van der Waals surface area contributed by atoms with E-state index in [9.17, 15) is 0 Å². The second-order valence-electron chi connectivity index (χ2n) is 0.349. The molecule has 0 saturated carbocycles. The van der Waals surface area contributed by atoms with Crippen molar-refractivity contribution < 1.29 is 10.1 Å². The van der Waals surface area contributed by atoms with E-state index in [0.717, 1.165) is 0 Å². The normalized spacial score (nSPS) is 7.40. The molecule has 0 spiro atoms. The maximum Gasteiger partial charge on any atom is 0.417 e. The Morgan fingerprint density at radius 3 is 2.60 bits per heavy atom. The fraction of sp³-hybridized carbons (Fsp3) is 0. The minimum atomic E-state index is -0.240. The molecule has 0 rings (SSSR count). The Hall–Kier alpha value is 0.585. The first kappa shape index (κ1) is 5.58. The van der Waals surface area contributed by atoms with Gasteiger partial charge in [-0.05, 0) is 0 Å². The Labute approximate surface area is 40.8 Å². The van der Waals surface area contributed by atoms with E-state index in [1.165, 1.54) is 5.34 Å². The summed E-state index contributed by atoms with van der Waals surface area (Å²) in [5.74, 6) is 0. The van der Waals surface area contributed by atoms with Crippen LogP contribution in [0.4, 0.5) is 0 Å². The first-order chi connectivity index (χ1) is 2.41. The molecule has 1 radical (unpaired) electrons. The molecule has 29 valence electrons. The first-order valence-electron chi connectivity index (χ1n) is 0.904. The Morgan fingerprint density at radius 2 is 2.60 bits per heavy atom. The van der Waals surface area contributed by atoms with Gasteiger partial charge in [0.1, 0.15) is 0 Å². The zero-order chi connectivity index (χ0) is 4.12. The van der Waals surface area contributed by atoms with Gasteiger partial charge in [0.15, 0.2) is 0 Å². The second-order valence-corrected chi connectivity index (χ2v) is 1.74. The van der Waals surface area contributed by atoms with Crippen LogP contribution in [0, 0.1) is 0 Å². The lowest BCUT2D eigenvalue weighted by atomic mass is 10.6. The molecular weight excluding hydrogens is 182 g/mol. The monoisotopic (exact) mass is 185 g/mol. The maximum absolute atomic E-state index is 7.50. The molecule has 0 aliphatic rings. The number of hydrogen-bond acceptors (Lipinski definition) is 2. The van der Waals surface area contributed by atoms with Crippen molar-refractivity contribution in [2.24, 2.45) is 0 Å². The third kappa shape index (κ3) is 4.58. The van der Waals surface area contributed by atoms with Crippen LogP contribution in [0.15, 0.2) is 0 Å². The van der Waals surface area contributed by atoms with Crippen LogP contribution in [0.2, 0.25) is 0 Å². The standard InChI is InChI=1S/CH3BIO2/c1-3-2-5-4/h4H,1H2. The molecule has 0 atom stereocenters. The topological polar surface area (TPSA) is 29.5 Å². The van der Waals surface area contributed by atoms with Crippen molar-refractivity contribution in [3.8, 4) is 0 Å². The second kappa shape index (κ2) is 4.58. The van der Waals surface area contributed by atoms with Gasteiger partial charge in [-0.25, -0.2) is 0 Å². The highest BCUT2D eigenvalue weighted by Gasteiger charge is 1.71. The van der Waals surface area contributed by atoms with Gasteiger partial charge in [-0.3, -0.25) is 10.1 Å². The summed E-state index contributed by atoms with van der Waals surface area (Å²) < 4.78 is 3.44. The van der Waals surface area contributed by atoms with Crippen LogP contribution in [-0.4, -0.2) is 15.1 Å². The van der Waals surface area contributed by atoms with E-state index in [-0.39, 0.29) is 20.5 Å². The van der Waals surface area contributed by atoms with Gasteiger partial charge in [-0.2, -0.15) is 0 Å². The predicted molar refractivity (Wildman–Crippen MR) is 30.6 cm³/mol. The summed E-state index contributed by atoms with van der Waals surface area (Å²) in [5, 5.41) is 8.80. The molecule has 0 saturated heterocycles. The van der Waals surface area contributed by atoms with E-state index in [4.69, 9.17) is 5.26 Å². The van der Waals surface area contributed by atoms with Crippen molar-refractivity contribution in [1.82, 2.24) is 0 Å². The SMILES string of the molecule is C=I[B]OO. The van der Waals surface area contributed by atoms with Crippen LogP contribution in [-0.2, 0) is 4.81 Å². The van der Waals surface area contributed by atoms with E-state index in [1.807, 2.05) is 0 Å². The summed E-state index contributed by atoms with van der Waals surface area (Å²) in [6, 6.07) is 0. The average Bonchev–Trinajstić information content (AvgIpc) is 1.41. The van der Waals surface area contributed by atoms with Gasteiger partial charge in [0.05, 0.1) is 0 Å². The largest absolute Gasteiger partial charge is 0.417 e. The highest BCUT2D eigenvalue weighted by Crippen LogP contribution is 1.81. The summed E-state index contributed by atoms with van der Waals surface area (Å²) in [5.41, 5.74) is 0. The summed E-state index contributed by atoms with van der Waals surface area (Å²) in [6.45, 7) is 0. The average molecular weight is 185 g/mol. The van der Waals surface area contributed by atoms with Gasteiger partial charge in [-0.15, -0.1) is 20.5 Å². The fourth-order valence-corrected chi connectivity index (χ4v) is 0.189. The van der Waals surface area contributed by atoms with E-state index in [0.29, 0.717) is 0 Å². The van der Waals surface area contributed by atoms with E-state index in [2.05, 4.69) is 9.32 Å². The lowest BCUT2D eigenvalue weighted by molar-refractivity contribution is -0.132. The molecule has 0 unspecified atom stereocenters. The van der Waals surface area contributed by atoms with Gasteiger partial charge in [0.2, 0.25) is 0 Å². The third-order valence-electron chi connectivity index (χ3n) is 0.103. The molecule has 5 heavy (non-hydrogen) atoms. The number of halogens is 1. The van der Waals surface area contributed by atoms with E-state index in [1.54, 1.807) is 0 Å². The molecule has 0 amide bonds. The van der Waals surface area contributed by atoms with Crippen molar-refractivity contribution in [2.75, 3.05) is 0 Å². The van der Waals surface area contributed by atoms with Crippen LogP contribution in [0.25, 0.3) is 0 Å². The minimum Gasteiger partial charge on any atom is -0.299 e. The van der Waals surface area contributed by atoms with Crippen LogP contribution in [0.3, 0.4) is 0 Å². The van der Waals surface area contributed by atoms with Crippen LogP contribution in [0.1, 0.15) is 0 Å². The molecule has 0 fully saturated rings. The van der Waals surface area contributed by atoms with Crippen LogP contribution < -0.4 is 0 Å². The first-order valence-corrected chi connectivity index (χ1v) is 3.67. The molecule has 0 aromatic rings. The van der Waals surface area contributed by atoms with Crippen molar-refractivity contribution >= 4 is 30.4 Å². The highest BCUT2D eigenvalue weighted by atomic mass is 127. The van der Waals surface area contributed by atoms with Gasteiger partial charge in [0.25, 0.3) is 0 Å². The highest BCUT2D eigenvalue weighted by molar-refractivity contribution is 14.2. The van der Waals surface area contributed by atoms with Gasteiger partial charge < -0.3 is 0 Å². The van der Waals surface area contributed by atoms with Gasteiger partial charge in [-0.1, -0.05) is 4.51 Å². The summed E-state index contributed by atoms with van der Waals surface area (Å²) in [4.78, 5) is 3.55. The molecule has 2 nitrogen and oxygen atoms in total. The van der Waals surface area contributed by atoms with Crippen molar-refractivity contribution in [3.05, 3.63) is 0 Å². The lowest BCUT2D eigenvalue weighted by Gasteiger charge is -1.72. The van der Waals surface area contributed by atoms with Crippen molar-refractivity contribution in [2.45, 2.75) is 0 Å². The molecule has 0 bridgehead atoms. The Kier molecular flexibility index (Phi) is 5.12. The maximum atomic E-state index is 7.50. The van der Waals surface area contributed by atoms with Crippen LogP contribution >= 0.6 is 20.5 Å². The lowest BCUT2D eigenvalue weighted by Crippen LogP contribution is -1.78. The summed E-state index contributed by atoms with van der Waals surface area (Å²) in [6.07, 6.45) is 0. The molecule has 0 aromatic heterocycles. The summed E-state index contributed by atoms with van der Waals surface area (Å²) >= 11 is -0.240. The smallest absolute Gasteiger partial charge is 0.299 e. The zero-order valence-electron chi connectivity index (χ0n) is 2.52. The van der Waals surface area contributed by atoms with Gasteiger partial charge >= 0.3 is 5.34 Å². The molecule has 0 aliphatic heterocycles. The van der Waals surface area contributed by atoms with E-state index >= 15 is 0 Å².